The number of benzene rings is 5. The molecule has 2 aliphatic carbocycles. The highest BCUT2D eigenvalue weighted by molar-refractivity contribution is 5.87. The predicted molar refractivity (Wildman–Crippen MR) is 224 cm³/mol. The Morgan fingerprint density at radius 3 is 2.15 bits per heavy atom. The van der Waals surface area contributed by atoms with E-state index in [-0.39, 0.29) is 5.41 Å². The van der Waals surface area contributed by atoms with Crippen LogP contribution < -0.4 is 10.1 Å². The van der Waals surface area contributed by atoms with Gasteiger partial charge in [0.2, 0.25) is 0 Å². The summed E-state index contributed by atoms with van der Waals surface area (Å²) in [5.41, 5.74) is 13.5. The summed E-state index contributed by atoms with van der Waals surface area (Å²) in [7, 11) is 0. The van der Waals surface area contributed by atoms with Crippen LogP contribution in [-0.4, -0.2) is 0 Å². The molecule has 0 unspecified atom stereocenters. The van der Waals surface area contributed by atoms with Gasteiger partial charge in [0.25, 0.3) is 0 Å². The Morgan fingerprint density at radius 1 is 0.750 bits per heavy atom. The van der Waals surface area contributed by atoms with Crippen LogP contribution in [0, 0.1) is 5.41 Å². The molecule has 256 valence electrons. The van der Waals surface area contributed by atoms with Crippen LogP contribution in [-0.2, 0) is 0 Å². The first-order valence-electron chi connectivity index (χ1n) is 18.1. The molecular weight excluding hydrogens is 631 g/mol. The largest absolute Gasteiger partial charge is 0.456 e. The van der Waals surface area contributed by atoms with E-state index in [2.05, 4.69) is 155 Å². The average Bonchev–Trinajstić information content (AvgIpc) is 3.39. The van der Waals surface area contributed by atoms with Gasteiger partial charge >= 0.3 is 0 Å². The summed E-state index contributed by atoms with van der Waals surface area (Å²) in [5.74, 6) is 1.62. The fraction of sp³-hybridized carbons (Fsp3) is 0.120. The van der Waals surface area contributed by atoms with Crippen molar-refractivity contribution in [1.29, 1.82) is 0 Å². The molecule has 0 saturated carbocycles. The molecule has 0 spiro atoms. The zero-order valence-electron chi connectivity index (χ0n) is 30.3. The number of nitrogens with one attached hydrogen (secondary N) is 1. The minimum Gasteiger partial charge on any atom is -0.456 e. The Labute approximate surface area is 308 Å². The van der Waals surface area contributed by atoms with E-state index in [0.29, 0.717) is 0 Å². The second-order valence-electron chi connectivity index (χ2n) is 13.8. The number of para-hydroxylation sites is 1. The molecule has 8 rings (SSSR count). The van der Waals surface area contributed by atoms with Gasteiger partial charge in [0.15, 0.2) is 0 Å². The van der Waals surface area contributed by atoms with Crippen LogP contribution in [0.4, 0.5) is 11.4 Å². The number of ether oxygens (including phenoxy) is 1. The summed E-state index contributed by atoms with van der Waals surface area (Å²) >= 11 is 0. The van der Waals surface area contributed by atoms with Crippen molar-refractivity contribution in [2.45, 2.75) is 33.6 Å². The molecule has 1 heterocycles. The van der Waals surface area contributed by atoms with Crippen molar-refractivity contribution < 1.29 is 4.74 Å². The van der Waals surface area contributed by atoms with Gasteiger partial charge in [-0.1, -0.05) is 136 Å². The van der Waals surface area contributed by atoms with E-state index in [4.69, 9.17) is 4.74 Å². The number of hydrogen-bond acceptors (Lipinski definition) is 2. The van der Waals surface area contributed by atoms with Gasteiger partial charge in [-0.25, -0.2) is 0 Å². The summed E-state index contributed by atoms with van der Waals surface area (Å²) in [6.45, 7) is 14.7. The summed E-state index contributed by atoms with van der Waals surface area (Å²) < 4.78 is 6.26. The third kappa shape index (κ3) is 7.06. The maximum atomic E-state index is 6.26. The van der Waals surface area contributed by atoms with Gasteiger partial charge in [-0.05, 0) is 124 Å². The Hall–Kier alpha value is -6.12. The first-order chi connectivity index (χ1) is 25.4. The van der Waals surface area contributed by atoms with Gasteiger partial charge in [0.1, 0.15) is 11.5 Å². The zero-order valence-corrected chi connectivity index (χ0v) is 30.3. The van der Waals surface area contributed by atoms with E-state index in [1.165, 1.54) is 57.0 Å². The first-order valence-corrected chi connectivity index (χ1v) is 18.1. The zero-order chi connectivity index (χ0) is 36.1. The molecular formula is C50H45NO. The van der Waals surface area contributed by atoms with Gasteiger partial charge in [-0.15, -0.1) is 0 Å². The van der Waals surface area contributed by atoms with E-state index in [9.17, 15) is 0 Å². The summed E-state index contributed by atoms with van der Waals surface area (Å²) in [4.78, 5) is 0. The molecule has 0 saturated heterocycles. The quantitative estimate of drug-likeness (QED) is 0.200. The predicted octanol–water partition coefficient (Wildman–Crippen LogP) is 14.0. The molecule has 0 bridgehead atoms. The second-order valence-corrected chi connectivity index (χ2v) is 13.8. The summed E-state index contributed by atoms with van der Waals surface area (Å²) in [5, 5.41) is 6.01. The van der Waals surface area contributed by atoms with Crippen LogP contribution in [0.15, 0.2) is 199 Å². The van der Waals surface area contributed by atoms with Crippen LogP contribution in [0.3, 0.4) is 0 Å². The van der Waals surface area contributed by atoms with Crippen molar-refractivity contribution in [2.75, 3.05) is 5.32 Å². The van der Waals surface area contributed by atoms with Crippen molar-refractivity contribution >= 4 is 33.5 Å². The number of anilines is 2. The highest BCUT2D eigenvalue weighted by atomic mass is 16.5. The highest BCUT2D eigenvalue weighted by Crippen LogP contribution is 2.53. The molecule has 2 heteroatoms. The van der Waals surface area contributed by atoms with Crippen LogP contribution in [0.5, 0.6) is 5.75 Å². The standard InChI is InChI=1S/C34H25NO.C16H20/c1-24-7-6-12-33(36-34-11-5-4-10-32(24)34)27-17-21-31(22-18-27)35-30-19-15-26(16-20-30)29-14-13-25-8-2-3-9-28(25)23-29;1-5-9-12-13-10-7-8-11-15(13)16(3,4)14(12)6-2/h2-23,35H,1H2;5-6,8-9,11H,1,7,10H2,2-4H3/b7-6-,33-12-;12-9-,14-6+. The van der Waals surface area contributed by atoms with E-state index in [0.717, 1.165) is 39.6 Å². The Morgan fingerprint density at radius 2 is 1.42 bits per heavy atom. The van der Waals surface area contributed by atoms with Crippen LogP contribution >= 0.6 is 0 Å². The van der Waals surface area contributed by atoms with Crippen molar-refractivity contribution in [2.24, 2.45) is 5.41 Å². The SMILES string of the molecule is C=C/C=C1/C2=C(C=CCC2)C(C)(C)/C1=C/C.C=C1/C=C\C=C(\c2ccc(Nc3ccc(-c4ccc5ccccc5c4)cc3)cc2)Oc2ccccc21. The Kier molecular flexibility index (Phi) is 9.91. The second kappa shape index (κ2) is 15.0. The lowest BCUT2D eigenvalue weighted by Crippen LogP contribution is -2.12. The van der Waals surface area contributed by atoms with Crippen LogP contribution in [0.25, 0.3) is 33.2 Å². The molecule has 52 heavy (non-hydrogen) atoms. The highest BCUT2D eigenvalue weighted by Gasteiger charge is 2.38. The minimum atomic E-state index is 0.163. The van der Waals surface area contributed by atoms with E-state index in [1.807, 2.05) is 48.6 Å². The molecule has 3 aliphatic rings. The molecule has 0 amide bonds. The van der Waals surface area contributed by atoms with Gasteiger partial charge in [-0.2, -0.15) is 0 Å². The Balaban J connectivity index is 0.000000220. The maximum Gasteiger partial charge on any atom is 0.135 e. The van der Waals surface area contributed by atoms with Crippen LogP contribution in [0.2, 0.25) is 0 Å². The number of hydrogen-bond donors (Lipinski definition) is 1. The minimum absolute atomic E-state index is 0.163. The first kappa shape index (κ1) is 34.3. The lowest BCUT2D eigenvalue weighted by atomic mass is 9.80. The van der Waals surface area contributed by atoms with Crippen molar-refractivity contribution in [3.63, 3.8) is 0 Å². The normalized spacial score (nSPS) is 19.0. The molecule has 5 aromatic carbocycles. The average molecular weight is 676 g/mol. The third-order valence-corrected chi connectivity index (χ3v) is 10.1. The molecule has 0 fully saturated rings. The molecule has 2 nitrogen and oxygen atoms in total. The molecule has 0 aromatic heterocycles. The molecule has 0 atom stereocenters. The van der Waals surface area contributed by atoms with Gasteiger partial charge in [-0.3, -0.25) is 0 Å². The monoisotopic (exact) mass is 675 g/mol. The number of allylic oxidation sites excluding steroid dienone is 13. The lowest BCUT2D eigenvalue weighted by molar-refractivity contribution is 0.513. The molecule has 1 N–H and O–H groups in total. The van der Waals surface area contributed by atoms with E-state index < -0.39 is 0 Å². The Bertz CT molecular complexity index is 2340. The molecule has 0 radical (unpaired) electrons. The van der Waals surface area contributed by atoms with Crippen molar-refractivity contribution in [1.82, 2.24) is 0 Å². The van der Waals surface area contributed by atoms with E-state index >= 15 is 0 Å². The molecule has 1 aliphatic heterocycles. The summed E-state index contributed by atoms with van der Waals surface area (Å²) in [6.07, 6.45) is 19.2. The fourth-order valence-corrected chi connectivity index (χ4v) is 7.47. The lowest BCUT2D eigenvalue weighted by Gasteiger charge is -2.24. The van der Waals surface area contributed by atoms with Gasteiger partial charge in [0, 0.05) is 27.9 Å². The van der Waals surface area contributed by atoms with Crippen LogP contribution in [0.1, 0.15) is 44.7 Å². The number of fused-ring (bicyclic) bond motifs is 2. The smallest absolute Gasteiger partial charge is 0.135 e. The van der Waals surface area contributed by atoms with Gasteiger partial charge < -0.3 is 10.1 Å². The summed E-state index contributed by atoms with van der Waals surface area (Å²) in [6, 6.07) is 39.9. The van der Waals surface area contributed by atoms with Crippen molar-refractivity contribution in [3.8, 4) is 16.9 Å². The fourth-order valence-electron chi connectivity index (χ4n) is 7.47. The third-order valence-electron chi connectivity index (χ3n) is 10.1. The maximum absolute atomic E-state index is 6.26. The van der Waals surface area contributed by atoms with E-state index in [1.54, 1.807) is 0 Å². The molecule has 5 aromatic rings. The van der Waals surface area contributed by atoms with Crippen molar-refractivity contribution in [3.05, 3.63) is 210 Å². The van der Waals surface area contributed by atoms with Gasteiger partial charge in [0.05, 0.1) is 0 Å². The number of rotatable bonds is 5. The topological polar surface area (TPSA) is 21.3 Å².